The van der Waals surface area contributed by atoms with Crippen molar-refractivity contribution in [3.63, 3.8) is 0 Å². The molecule has 1 amide bonds. The SMILES string of the molecule is CN(C)S(=O)(=O)c1ccc(C(=O)Nc2c3c(nn2-c2ccc(F)cc2)C[S@](=O)C3)cc1. The second-order valence-electron chi connectivity index (χ2n) is 7.16. The molecule has 0 unspecified atom stereocenters. The number of benzene rings is 2. The van der Waals surface area contributed by atoms with Gasteiger partial charge in [-0.1, -0.05) is 0 Å². The standard InChI is InChI=1S/C20H19FN4O4S2/c1-24(2)31(28,29)16-9-3-13(4-10-16)20(26)22-19-17-11-30(27)12-18(17)23-25(19)15-7-5-14(21)6-8-15/h3-10H,11-12H2,1-2H3,(H,22,26)/t30-/m1/s1. The number of rotatable bonds is 5. The lowest BCUT2D eigenvalue weighted by molar-refractivity contribution is 0.102. The summed E-state index contributed by atoms with van der Waals surface area (Å²) in [7, 11) is -1.85. The van der Waals surface area contributed by atoms with E-state index in [9.17, 15) is 21.8 Å². The van der Waals surface area contributed by atoms with Crippen molar-refractivity contribution in [1.29, 1.82) is 0 Å². The Morgan fingerprint density at radius 1 is 1.10 bits per heavy atom. The van der Waals surface area contributed by atoms with Gasteiger partial charge < -0.3 is 5.32 Å². The predicted molar refractivity (Wildman–Crippen MR) is 114 cm³/mol. The molecule has 4 rings (SSSR count). The number of nitrogens with zero attached hydrogens (tertiary/aromatic N) is 3. The molecule has 0 saturated heterocycles. The second-order valence-corrected chi connectivity index (χ2v) is 10.8. The number of amides is 1. The van der Waals surface area contributed by atoms with Crippen LogP contribution in [-0.4, -0.2) is 46.7 Å². The summed E-state index contributed by atoms with van der Waals surface area (Å²) in [6, 6.07) is 11.2. The Morgan fingerprint density at radius 2 is 1.74 bits per heavy atom. The number of anilines is 1. The maximum Gasteiger partial charge on any atom is 0.256 e. The predicted octanol–water partition coefficient (Wildman–Crippen LogP) is 2.28. The van der Waals surface area contributed by atoms with E-state index in [1.54, 1.807) is 0 Å². The smallest absolute Gasteiger partial charge is 0.256 e. The number of aromatic nitrogens is 2. The van der Waals surface area contributed by atoms with Gasteiger partial charge in [0.15, 0.2) is 0 Å². The maximum atomic E-state index is 13.3. The summed E-state index contributed by atoms with van der Waals surface area (Å²) < 4.78 is 52.3. The van der Waals surface area contributed by atoms with Crippen LogP contribution in [0.15, 0.2) is 53.4 Å². The monoisotopic (exact) mass is 462 g/mol. The Balaban J connectivity index is 1.67. The number of carbonyl (C=O) groups excluding carboxylic acids is 1. The zero-order valence-corrected chi connectivity index (χ0v) is 18.3. The average Bonchev–Trinajstić information content (AvgIpc) is 3.25. The lowest BCUT2D eigenvalue weighted by atomic mass is 10.2. The number of hydrogen-bond donors (Lipinski definition) is 1. The Hall–Kier alpha value is -2.89. The van der Waals surface area contributed by atoms with E-state index in [0.717, 1.165) is 4.31 Å². The van der Waals surface area contributed by atoms with Crippen LogP contribution in [0.25, 0.3) is 5.69 Å². The van der Waals surface area contributed by atoms with Crippen LogP contribution in [0, 0.1) is 5.82 Å². The third-order valence-electron chi connectivity index (χ3n) is 4.87. The van der Waals surface area contributed by atoms with Crippen molar-refractivity contribution < 1.29 is 21.8 Å². The first-order valence-electron chi connectivity index (χ1n) is 9.22. The summed E-state index contributed by atoms with van der Waals surface area (Å²) in [5.74, 6) is 0.0261. The Morgan fingerprint density at radius 3 is 2.35 bits per heavy atom. The minimum absolute atomic E-state index is 0.0710. The summed E-state index contributed by atoms with van der Waals surface area (Å²) in [5, 5.41) is 7.25. The first-order chi connectivity index (χ1) is 14.7. The number of nitrogens with one attached hydrogen (secondary N) is 1. The molecule has 1 N–H and O–H groups in total. The van der Waals surface area contributed by atoms with Gasteiger partial charge in [0.25, 0.3) is 5.91 Å². The highest BCUT2D eigenvalue weighted by atomic mass is 32.2. The molecule has 31 heavy (non-hydrogen) atoms. The fraction of sp³-hybridized carbons (Fsp3) is 0.200. The number of hydrogen-bond acceptors (Lipinski definition) is 5. The summed E-state index contributed by atoms with van der Waals surface area (Å²) >= 11 is 0. The van der Waals surface area contributed by atoms with Gasteiger partial charge in [0.2, 0.25) is 10.0 Å². The number of sulfonamides is 1. The first-order valence-corrected chi connectivity index (χ1v) is 12.2. The van der Waals surface area contributed by atoms with Crippen LogP contribution in [0.1, 0.15) is 21.6 Å². The van der Waals surface area contributed by atoms with Gasteiger partial charge >= 0.3 is 0 Å². The fourth-order valence-electron chi connectivity index (χ4n) is 3.19. The van der Waals surface area contributed by atoms with Crippen molar-refractivity contribution in [1.82, 2.24) is 14.1 Å². The topological polar surface area (TPSA) is 101 Å². The molecular formula is C20H19FN4O4S2. The van der Waals surface area contributed by atoms with Crippen LogP contribution in [0.3, 0.4) is 0 Å². The molecule has 162 valence electrons. The first kappa shape index (κ1) is 21.3. The normalized spacial score (nSPS) is 15.8. The van der Waals surface area contributed by atoms with Crippen LogP contribution >= 0.6 is 0 Å². The van der Waals surface area contributed by atoms with Gasteiger partial charge in [-0.15, -0.1) is 0 Å². The lowest BCUT2D eigenvalue weighted by Crippen LogP contribution is -2.22. The average molecular weight is 463 g/mol. The van der Waals surface area contributed by atoms with Crippen LogP contribution in [-0.2, 0) is 32.3 Å². The van der Waals surface area contributed by atoms with Crippen LogP contribution in [0.5, 0.6) is 0 Å². The van der Waals surface area contributed by atoms with E-state index in [1.165, 1.54) is 67.3 Å². The van der Waals surface area contributed by atoms with Crippen LogP contribution < -0.4 is 5.32 Å². The summed E-state index contributed by atoms with van der Waals surface area (Å²) in [6.45, 7) is 0. The lowest BCUT2D eigenvalue weighted by Gasteiger charge is -2.13. The Labute approximate surface area is 181 Å². The maximum absolute atomic E-state index is 13.3. The second kappa shape index (κ2) is 7.98. The molecular weight excluding hydrogens is 443 g/mol. The fourth-order valence-corrected chi connectivity index (χ4v) is 5.36. The molecule has 1 atom stereocenters. The van der Waals surface area contributed by atoms with Crippen molar-refractivity contribution in [2.45, 2.75) is 16.4 Å². The van der Waals surface area contributed by atoms with Gasteiger partial charge in [-0.2, -0.15) is 5.10 Å². The minimum atomic E-state index is -3.61. The van der Waals surface area contributed by atoms with Gasteiger partial charge in [-0.25, -0.2) is 21.8 Å². The Bertz CT molecular complexity index is 1280. The van der Waals surface area contributed by atoms with Crippen LogP contribution in [0.4, 0.5) is 10.2 Å². The molecule has 2 heterocycles. The van der Waals surface area contributed by atoms with Gasteiger partial charge in [0, 0.05) is 36.0 Å². The van der Waals surface area contributed by atoms with E-state index in [0.29, 0.717) is 22.8 Å². The van der Waals surface area contributed by atoms with Crippen molar-refractivity contribution in [2.24, 2.45) is 0 Å². The molecule has 0 fully saturated rings. The summed E-state index contributed by atoms with van der Waals surface area (Å²) in [6.07, 6.45) is 0. The van der Waals surface area contributed by atoms with Crippen molar-refractivity contribution in [2.75, 3.05) is 19.4 Å². The molecule has 0 aliphatic carbocycles. The molecule has 1 aromatic heterocycles. The van der Waals surface area contributed by atoms with E-state index < -0.39 is 32.5 Å². The van der Waals surface area contributed by atoms with E-state index in [1.807, 2.05) is 0 Å². The molecule has 11 heteroatoms. The third-order valence-corrected chi connectivity index (χ3v) is 7.90. The molecule has 1 aliphatic rings. The minimum Gasteiger partial charge on any atom is -0.306 e. The van der Waals surface area contributed by atoms with Gasteiger partial charge in [0.1, 0.15) is 11.6 Å². The molecule has 3 aromatic rings. The molecule has 0 bridgehead atoms. The zero-order chi connectivity index (χ0) is 22.3. The van der Waals surface area contributed by atoms with Gasteiger partial charge in [0.05, 0.1) is 27.8 Å². The van der Waals surface area contributed by atoms with Gasteiger partial charge in [-0.3, -0.25) is 9.00 Å². The number of fused-ring (bicyclic) bond motifs is 1. The molecule has 0 spiro atoms. The third kappa shape index (κ3) is 4.03. The van der Waals surface area contributed by atoms with Crippen LogP contribution in [0.2, 0.25) is 0 Å². The number of halogens is 1. The number of carbonyl (C=O) groups is 1. The van der Waals surface area contributed by atoms with Crippen molar-refractivity contribution in [3.8, 4) is 5.69 Å². The largest absolute Gasteiger partial charge is 0.306 e. The van der Waals surface area contributed by atoms with E-state index in [-0.39, 0.29) is 22.0 Å². The van der Waals surface area contributed by atoms with E-state index >= 15 is 0 Å². The molecule has 2 aromatic carbocycles. The summed E-state index contributed by atoms with van der Waals surface area (Å²) in [5.41, 5.74) is 2.08. The highest BCUT2D eigenvalue weighted by Crippen LogP contribution is 2.31. The quantitative estimate of drug-likeness (QED) is 0.627. The molecule has 8 nitrogen and oxygen atoms in total. The van der Waals surface area contributed by atoms with Gasteiger partial charge in [-0.05, 0) is 48.5 Å². The van der Waals surface area contributed by atoms with E-state index in [2.05, 4.69) is 10.4 Å². The Kier molecular flexibility index (Phi) is 5.50. The molecule has 1 aliphatic heterocycles. The zero-order valence-electron chi connectivity index (χ0n) is 16.7. The van der Waals surface area contributed by atoms with Crippen molar-refractivity contribution >= 4 is 32.5 Å². The highest BCUT2D eigenvalue weighted by Gasteiger charge is 2.28. The highest BCUT2D eigenvalue weighted by molar-refractivity contribution is 7.89. The van der Waals surface area contributed by atoms with Crippen molar-refractivity contribution in [3.05, 3.63) is 71.2 Å². The molecule has 0 radical (unpaired) electrons. The summed E-state index contributed by atoms with van der Waals surface area (Å²) in [4.78, 5) is 12.9. The molecule has 0 saturated carbocycles. The van der Waals surface area contributed by atoms with E-state index in [4.69, 9.17) is 0 Å².